The Hall–Kier alpha value is -1.98. The molecule has 2 heterocycles. The van der Waals surface area contributed by atoms with Gasteiger partial charge in [0.15, 0.2) is 0 Å². The average Bonchev–Trinajstić information content (AvgIpc) is 3.21. The van der Waals surface area contributed by atoms with E-state index in [4.69, 9.17) is 9.72 Å². The number of nitrogens with zero attached hydrogens (tertiary/aromatic N) is 2. The van der Waals surface area contributed by atoms with Gasteiger partial charge >= 0.3 is 0 Å². The Morgan fingerprint density at radius 2 is 2.23 bits per heavy atom. The molecule has 0 N–H and O–H groups in total. The summed E-state index contributed by atoms with van der Waals surface area (Å²) in [6, 6.07) is 10.3. The standard InChI is InChI=1S/C17H14N2OS2/c1-20-12-6-4-11-5-7-15-16(14(11)9-12)19-17(22-15)18-10-13-3-2-8-21-13/h2-4,6,8-10H,5,7H2,1H3. The molecule has 0 bridgehead atoms. The van der Waals surface area contributed by atoms with E-state index in [1.54, 1.807) is 29.8 Å². The SMILES string of the molecule is COc1ccc2c(c1)-c1nc(N=Cc3cccs3)sc1CC2. The molecule has 0 atom stereocenters. The van der Waals surface area contributed by atoms with Crippen LogP contribution in [0, 0.1) is 0 Å². The quantitative estimate of drug-likeness (QED) is 0.652. The van der Waals surface area contributed by atoms with Crippen LogP contribution in [0.25, 0.3) is 11.3 Å². The molecule has 5 heteroatoms. The van der Waals surface area contributed by atoms with Gasteiger partial charge in [-0.05, 0) is 42.0 Å². The van der Waals surface area contributed by atoms with Crippen LogP contribution in [0.2, 0.25) is 0 Å². The molecule has 3 nitrogen and oxygen atoms in total. The smallest absolute Gasteiger partial charge is 0.209 e. The number of fused-ring (bicyclic) bond motifs is 3. The summed E-state index contributed by atoms with van der Waals surface area (Å²) in [4.78, 5) is 11.7. The Kier molecular flexibility index (Phi) is 3.52. The van der Waals surface area contributed by atoms with Crippen LogP contribution in [0.4, 0.5) is 5.13 Å². The molecule has 1 aromatic carbocycles. The van der Waals surface area contributed by atoms with Crippen molar-refractivity contribution >= 4 is 34.0 Å². The molecule has 0 saturated carbocycles. The van der Waals surface area contributed by atoms with Crippen LogP contribution in [0.3, 0.4) is 0 Å². The summed E-state index contributed by atoms with van der Waals surface area (Å²) in [6.07, 6.45) is 3.99. The molecule has 110 valence electrons. The number of benzene rings is 1. The highest BCUT2D eigenvalue weighted by Crippen LogP contribution is 2.40. The molecule has 22 heavy (non-hydrogen) atoms. The summed E-state index contributed by atoms with van der Waals surface area (Å²) < 4.78 is 5.35. The average molecular weight is 326 g/mol. The van der Waals surface area contributed by atoms with Gasteiger partial charge in [0.05, 0.1) is 12.8 Å². The van der Waals surface area contributed by atoms with Crippen molar-refractivity contribution in [3.8, 4) is 17.0 Å². The van der Waals surface area contributed by atoms with Gasteiger partial charge in [-0.1, -0.05) is 23.5 Å². The molecule has 0 unspecified atom stereocenters. The highest BCUT2D eigenvalue weighted by molar-refractivity contribution is 7.16. The van der Waals surface area contributed by atoms with Crippen LogP contribution in [0.5, 0.6) is 5.75 Å². The lowest BCUT2D eigenvalue weighted by atomic mass is 9.93. The monoisotopic (exact) mass is 326 g/mol. The zero-order valence-electron chi connectivity index (χ0n) is 12.1. The van der Waals surface area contributed by atoms with Crippen molar-refractivity contribution in [3.63, 3.8) is 0 Å². The van der Waals surface area contributed by atoms with Gasteiger partial charge in [-0.3, -0.25) is 0 Å². The predicted octanol–water partition coefficient (Wildman–Crippen LogP) is 4.73. The van der Waals surface area contributed by atoms with E-state index in [-0.39, 0.29) is 0 Å². The van der Waals surface area contributed by atoms with E-state index in [1.165, 1.54) is 16.0 Å². The van der Waals surface area contributed by atoms with Gasteiger partial charge in [0.2, 0.25) is 5.13 Å². The Morgan fingerprint density at radius 3 is 3.05 bits per heavy atom. The van der Waals surface area contributed by atoms with Gasteiger partial charge in [-0.15, -0.1) is 11.3 Å². The number of aryl methyl sites for hydroxylation is 2. The predicted molar refractivity (Wildman–Crippen MR) is 93.1 cm³/mol. The fourth-order valence-electron chi connectivity index (χ4n) is 2.63. The van der Waals surface area contributed by atoms with Gasteiger partial charge < -0.3 is 4.74 Å². The van der Waals surface area contributed by atoms with Crippen molar-refractivity contribution in [3.05, 3.63) is 51.0 Å². The number of hydrogen-bond donors (Lipinski definition) is 0. The second-order valence-corrected chi connectivity index (χ2v) is 7.11. The van der Waals surface area contributed by atoms with Crippen molar-refractivity contribution in [2.45, 2.75) is 12.8 Å². The van der Waals surface area contributed by atoms with Gasteiger partial charge in [-0.25, -0.2) is 9.98 Å². The maximum absolute atomic E-state index is 5.35. The number of rotatable bonds is 3. The lowest BCUT2D eigenvalue weighted by Crippen LogP contribution is -2.02. The van der Waals surface area contributed by atoms with Crippen molar-refractivity contribution in [2.24, 2.45) is 4.99 Å². The molecular formula is C17H14N2OS2. The molecule has 0 spiro atoms. The van der Waals surface area contributed by atoms with E-state index in [9.17, 15) is 0 Å². The van der Waals surface area contributed by atoms with Crippen LogP contribution in [0.15, 0.2) is 40.7 Å². The molecular weight excluding hydrogens is 312 g/mol. The third-order valence-electron chi connectivity index (χ3n) is 3.73. The van der Waals surface area contributed by atoms with Crippen LogP contribution in [-0.2, 0) is 12.8 Å². The summed E-state index contributed by atoms with van der Waals surface area (Å²) >= 11 is 3.37. The van der Waals surface area contributed by atoms with Gasteiger partial charge in [0.25, 0.3) is 0 Å². The van der Waals surface area contributed by atoms with Gasteiger partial charge in [0.1, 0.15) is 5.75 Å². The summed E-state index contributed by atoms with van der Waals surface area (Å²) in [5.41, 5.74) is 3.60. The number of aliphatic imine (C=N–C) groups is 1. The van der Waals surface area contributed by atoms with Crippen molar-refractivity contribution in [1.82, 2.24) is 4.98 Å². The topological polar surface area (TPSA) is 34.5 Å². The van der Waals surface area contributed by atoms with E-state index >= 15 is 0 Å². The lowest BCUT2D eigenvalue weighted by Gasteiger charge is -2.15. The largest absolute Gasteiger partial charge is 0.497 e. The molecule has 0 radical (unpaired) electrons. The maximum Gasteiger partial charge on any atom is 0.209 e. The molecule has 0 fully saturated rings. The highest BCUT2D eigenvalue weighted by Gasteiger charge is 2.21. The Bertz CT molecular complexity index is 834. The normalized spacial score (nSPS) is 13.1. The molecule has 4 rings (SSSR count). The van der Waals surface area contributed by atoms with Crippen molar-refractivity contribution < 1.29 is 4.74 Å². The highest BCUT2D eigenvalue weighted by atomic mass is 32.1. The lowest BCUT2D eigenvalue weighted by molar-refractivity contribution is 0.415. The summed E-state index contributed by atoms with van der Waals surface area (Å²) in [6.45, 7) is 0. The van der Waals surface area contributed by atoms with E-state index in [2.05, 4.69) is 28.6 Å². The first-order valence-electron chi connectivity index (χ1n) is 7.08. The summed E-state index contributed by atoms with van der Waals surface area (Å²) in [5.74, 6) is 0.878. The first kappa shape index (κ1) is 13.7. The Morgan fingerprint density at radius 1 is 1.27 bits per heavy atom. The molecule has 2 aromatic heterocycles. The van der Waals surface area contributed by atoms with Crippen molar-refractivity contribution in [2.75, 3.05) is 7.11 Å². The number of hydrogen-bond acceptors (Lipinski definition) is 5. The van der Waals surface area contributed by atoms with Crippen LogP contribution >= 0.6 is 22.7 Å². The number of aromatic nitrogens is 1. The van der Waals surface area contributed by atoms with Crippen LogP contribution in [0.1, 0.15) is 15.3 Å². The zero-order valence-corrected chi connectivity index (χ0v) is 13.7. The third-order valence-corrected chi connectivity index (χ3v) is 5.56. The van der Waals surface area contributed by atoms with E-state index in [0.717, 1.165) is 34.3 Å². The Balaban J connectivity index is 1.72. The molecule has 0 amide bonds. The summed E-state index contributed by atoms with van der Waals surface area (Å²) in [7, 11) is 1.70. The van der Waals surface area contributed by atoms with E-state index < -0.39 is 0 Å². The van der Waals surface area contributed by atoms with Crippen LogP contribution < -0.4 is 4.74 Å². The molecule has 1 aliphatic carbocycles. The van der Waals surface area contributed by atoms with Crippen molar-refractivity contribution in [1.29, 1.82) is 0 Å². The maximum atomic E-state index is 5.35. The van der Waals surface area contributed by atoms with Gasteiger partial charge in [0, 0.05) is 21.5 Å². The molecule has 0 saturated heterocycles. The number of thiazole rings is 1. The molecule has 0 aliphatic heterocycles. The number of methoxy groups -OCH3 is 1. The Labute approximate surface area is 137 Å². The van der Waals surface area contributed by atoms with E-state index in [1.807, 2.05) is 18.3 Å². The minimum atomic E-state index is 0.828. The minimum absolute atomic E-state index is 0.828. The van der Waals surface area contributed by atoms with E-state index in [0.29, 0.717) is 0 Å². The third kappa shape index (κ3) is 2.46. The first-order chi connectivity index (χ1) is 10.8. The number of ether oxygens (including phenoxy) is 1. The second-order valence-electron chi connectivity index (χ2n) is 5.06. The van der Waals surface area contributed by atoms with Crippen LogP contribution in [-0.4, -0.2) is 18.3 Å². The zero-order chi connectivity index (χ0) is 14.9. The first-order valence-corrected chi connectivity index (χ1v) is 8.77. The fourth-order valence-corrected chi connectivity index (χ4v) is 4.13. The number of thiophene rings is 1. The molecule has 1 aliphatic rings. The second kappa shape index (κ2) is 5.66. The summed E-state index contributed by atoms with van der Waals surface area (Å²) in [5, 5.41) is 2.88. The minimum Gasteiger partial charge on any atom is -0.497 e. The molecule has 3 aromatic rings. The van der Waals surface area contributed by atoms with Gasteiger partial charge in [-0.2, -0.15) is 0 Å². The fraction of sp³-hybridized carbons (Fsp3) is 0.176.